The van der Waals surface area contributed by atoms with E-state index in [0.717, 1.165) is 12.0 Å². The summed E-state index contributed by atoms with van der Waals surface area (Å²) in [5, 5.41) is 0. The molecule has 0 aromatic heterocycles. The molecule has 2 atom stereocenters. The average Bonchev–Trinajstić information content (AvgIpc) is 2.49. The van der Waals surface area contributed by atoms with Gasteiger partial charge >= 0.3 is 0 Å². The van der Waals surface area contributed by atoms with Gasteiger partial charge in [0, 0.05) is 6.04 Å². The molecule has 0 saturated carbocycles. The minimum Gasteiger partial charge on any atom is -0.454 e. The van der Waals surface area contributed by atoms with Crippen LogP contribution in [0.5, 0.6) is 11.5 Å². The molecule has 3 heteroatoms. The summed E-state index contributed by atoms with van der Waals surface area (Å²) in [5.41, 5.74) is 7.75. The van der Waals surface area contributed by atoms with Crippen molar-refractivity contribution in [3.63, 3.8) is 0 Å². The highest BCUT2D eigenvalue weighted by molar-refractivity contribution is 5.36. The van der Waals surface area contributed by atoms with Gasteiger partial charge in [0.05, 0.1) is 0 Å². The van der Waals surface area contributed by atoms with E-state index >= 15 is 0 Å². The number of benzene rings is 2. The second-order valence-corrected chi connectivity index (χ2v) is 5.46. The maximum atomic E-state index is 14.0. The monoisotopic (exact) mass is 287 g/mol. The topological polar surface area (TPSA) is 35.2 Å². The van der Waals surface area contributed by atoms with Gasteiger partial charge < -0.3 is 10.5 Å². The van der Waals surface area contributed by atoms with Crippen LogP contribution in [0.25, 0.3) is 0 Å². The van der Waals surface area contributed by atoms with Crippen LogP contribution in [-0.4, -0.2) is 0 Å². The van der Waals surface area contributed by atoms with E-state index in [2.05, 4.69) is 13.8 Å². The summed E-state index contributed by atoms with van der Waals surface area (Å²) < 4.78 is 19.6. The molecular formula is C18H22FNO. The molecule has 0 aliphatic heterocycles. The van der Waals surface area contributed by atoms with Crippen molar-refractivity contribution in [1.82, 2.24) is 0 Å². The molecule has 0 aliphatic carbocycles. The van der Waals surface area contributed by atoms with Gasteiger partial charge in [-0.25, -0.2) is 4.39 Å². The number of halogens is 1. The van der Waals surface area contributed by atoms with Crippen molar-refractivity contribution in [2.75, 3.05) is 0 Å². The number of rotatable bonds is 5. The summed E-state index contributed by atoms with van der Waals surface area (Å²) in [6.45, 7) is 6.16. The summed E-state index contributed by atoms with van der Waals surface area (Å²) >= 11 is 0. The molecule has 1 unspecified atom stereocenters. The zero-order valence-corrected chi connectivity index (χ0v) is 12.8. The van der Waals surface area contributed by atoms with Gasteiger partial charge in [-0.1, -0.05) is 32.0 Å². The molecular weight excluding hydrogens is 265 g/mol. The Hall–Kier alpha value is -1.87. The lowest BCUT2D eigenvalue weighted by atomic mass is 9.99. The van der Waals surface area contributed by atoms with E-state index in [1.54, 1.807) is 12.1 Å². The first-order chi connectivity index (χ1) is 10.0. The van der Waals surface area contributed by atoms with Crippen molar-refractivity contribution in [1.29, 1.82) is 0 Å². The van der Waals surface area contributed by atoms with Crippen LogP contribution in [0.15, 0.2) is 42.5 Å². The lowest BCUT2D eigenvalue weighted by Gasteiger charge is -2.12. The van der Waals surface area contributed by atoms with Crippen molar-refractivity contribution < 1.29 is 9.13 Å². The largest absolute Gasteiger partial charge is 0.454 e. The van der Waals surface area contributed by atoms with Gasteiger partial charge in [-0.2, -0.15) is 0 Å². The SMILES string of the molecule is CCC(C)c1ccc(Oc2ccc([C@H](C)N)cc2F)cc1. The first-order valence-corrected chi connectivity index (χ1v) is 7.34. The Morgan fingerprint density at radius 3 is 2.19 bits per heavy atom. The molecule has 2 aromatic rings. The van der Waals surface area contributed by atoms with Gasteiger partial charge in [-0.05, 0) is 54.7 Å². The summed E-state index contributed by atoms with van der Waals surface area (Å²) in [5.74, 6) is 0.974. The van der Waals surface area contributed by atoms with Crippen molar-refractivity contribution >= 4 is 0 Å². The van der Waals surface area contributed by atoms with Crippen molar-refractivity contribution in [2.24, 2.45) is 5.73 Å². The molecule has 112 valence electrons. The summed E-state index contributed by atoms with van der Waals surface area (Å²) in [7, 11) is 0. The Bertz CT molecular complexity index is 593. The molecule has 0 bridgehead atoms. The number of ether oxygens (including phenoxy) is 1. The predicted octanol–water partition coefficient (Wildman–Crippen LogP) is 5.15. The molecule has 0 amide bonds. The molecule has 0 heterocycles. The standard InChI is InChI=1S/C18H22FNO/c1-4-12(2)14-5-8-16(9-6-14)21-18-10-7-15(13(3)20)11-17(18)19/h5-13H,4,20H2,1-3H3/t12?,13-/m0/s1. The first kappa shape index (κ1) is 15.5. The van der Waals surface area contributed by atoms with Gasteiger partial charge in [-0.3, -0.25) is 0 Å². The molecule has 21 heavy (non-hydrogen) atoms. The number of nitrogens with two attached hydrogens (primary N) is 1. The van der Waals surface area contributed by atoms with Gasteiger partial charge in [0.25, 0.3) is 0 Å². The molecule has 2 rings (SSSR count). The normalized spacial score (nSPS) is 13.8. The van der Waals surface area contributed by atoms with Gasteiger partial charge in [0.1, 0.15) is 5.75 Å². The number of hydrogen-bond acceptors (Lipinski definition) is 2. The zero-order chi connectivity index (χ0) is 15.4. The third-order valence-electron chi connectivity index (χ3n) is 3.77. The van der Waals surface area contributed by atoms with E-state index in [1.165, 1.54) is 11.6 Å². The van der Waals surface area contributed by atoms with Crippen molar-refractivity contribution in [3.05, 3.63) is 59.4 Å². The van der Waals surface area contributed by atoms with Crippen LogP contribution in [0.2, 0.25) is 0 Å². The van der Waals surface area contributed by atoms with Crippen LogP contribution < -0.4 is 10.5 Å². The van der Waals surface area contributed by atoms with Gasteiger partial charge in [-0.15, -0.1) is 0 Å². The highest BCUT2D eigenvalue weighted by Gasteiger charge is 2.09. The molecule has 2 aromatic carbocycles. The van der Waals surface area contributed by atoms with E-state index < -0.39 is 5.82 Å². The molecule has 0 saturated heterocycles. The maximum absolute atomic E-state index is 14.0. The fraction of sp³-hybridized carbons (Fsp3) is 0.333. The van der Waals surface area contributed by atoms with E-state index in [4.69, 9.17) is 10.5 Å². The molecule has 0 aliphatic rings. The van der Waals surface area contributed by atoms with Crippen LogP contribution in [0, 0.1) is 5.82 Å². The smallest absolute Gasteiger partial charge is 0.166 e. The highest BCUT2D eigenvalue weighted by atomic mass is 19.1. The Morgan fingerprint density at radius 2 is 1.67 bits per heavy atom. The van der Waals surface area contributed by atoms with Crippen LogP contribution in [0.3, 0.4) is 0 Å². The van der Waals surface area contributed by atoms with Gasteiger partial charge in [0.15, 0.2) is 11.6 Å². The van der Waals surface area contributed by atoms with Crippen LogP contribution in [0.1, 0.15) is 50.3 Å². The third kappa shape index (κ3) is 3.82. The second kappa shape index (κ2) is 6.72. The number of hydrogen-bond donors (Lipinski definition) is 1. The lowest BCUT2D eigenvalue weighted by Crippen LogP contribution is -2.05. The van der Waals surface area contributed by atoms with Crippen molar-refractivity contribution in [2.45, 2.75) is 39.2 Å². The Balaban J connectivity index is 2.15. The minimum absolute atomic E-state index is 0.191. The zero-order valence-electron chi connectivity index (χ0n) is 12.8. The van der Waals surface area contributed by atoms with Crippen LogP contribution in [-0.2, 0) is 0 Å². The first-order valence-electron chi connectivity index (χ1n) is 7.34. The fourth-order valence-corrected chi connectivity index (χ4v) is 2.11. The minimum atomic E-state index is -0.393. The van der Waals surface area contributed by atoms with E-state index in [-0.39, 0.29) is 11.8 Å². The third-order valence-corrected chi connectivity index (χ3v) is 3.77. The van der Waals surface area contributed by atoms with Crippen molar-refractivity contribution in [3.8, 4) is 11.5 Å². The predicted molar refractivity (Wildman–Crippen MR) is 84.2 cm³/mol. The van der Waals surface area contributed by atoms with Crippen LogP contribution in [0.4, 0.5) is 4.39 Å². The second-order valence-electron chi connectivity index (χ2n) is 5.46. The fourth-order valence-electron chi connectivity index (χ4n) is 2.11. The maximum Gasteiger partial charge on any atom is 0.166 e. The molecule has 0 fully saturated rings. The summed E-state index contributed by atoms with van der Waals surface area (Å²) in [6, 6.07) is 12.4. The Morgan fingerprint density at radius 1 is 1.05 bits per heavy atom. The quantitative estimate of drug-likeness (QED) is 0.825. The van der Waals surface area contributed by atoms with Gasteiger partial charge in [0.2, 0.25) is 0 Å². The van der Waals surface area contributed by atoms with Crippen LogP contribution >= 0.6 is 0 Å². The molecule has 2 N–H and O–H groups in total. The Kier molecular flexibility index (Phi) is 4.97. The van der Waals surface area contributed by atoms with E-state index in [9.17, 15) is 4.39 Å². The lowest BCUT2D eigenvalue weighted by molar-refractivity contribution is 0.441. The summed E-state index contributed by atoms with van der Waals surface area (Å²) in [6.07, 6.45) is 1.09. The Labute approximate surface area is 125 Å². The molecule has 0 spiro atoms. The average molecular weight is 287 g/mol. The molecule has 0 radical (unpaired) electrons. The highest BCUT2D eigenvalue weighted by Crippen LogP contribution is 2.28. The summed E-state index contributed by atoms with van der Waals surface area (Å²) in [4.78, 5) is 0. The van der Waals surface area contributed by atoms with E-state index in [1.807, 2.05) is 31.2 Å². The van der Waals surface area contributed by atoms with E-state index in [0.29, 0.717) is 11.7 Å². The molecule has 2 nitrogen and oxygen atoms in total.